The first-order valence-corrected chi connectivity index (χ1v) is 7.13. The Hall–Kier alpha value is -0.890. The summed E-state index contributed by atoms with van der Waals surface area (Å²) in [6.45, 7) is 8.73. The summed E-state index contributed by atoms with van der Waals surface area (Å²) in [6, 6.07) is 6.99. The van der Waals surface area contributed by atoms with Gasteiger partial charge < -0.3 is 5.32 Å². The highest BCUT2D eigenvalue weighted by Gasteiger charge is 2.14. The molecule has 0 aliphatic rings. The zero-order valence-electron chi connectivity index (χ0n) is 11.9. The molecule has 2 heteroatoms. The average molecular weight is 251 g/mol. The van der Waals surface area contributed by atoms with Gasteiger partial charge in [0, 0.05) is 6.54 Å². The summed E-state index contributed by atoms with van der Waals surface area (Å²) in [4.78, 5) is 0. The van der Waals surface area contributed by atoms with Crippen LogP contribution in [0.3, 0.4) is 0 Å². The standard InChI is InChI=1S/C16H26FN/c1-4-10-18-12-15(11-13(3)5-2)14-6-8-16(17)9-7-14/h6-9,13,15,18H,4-5,10-12H2,1-3H3. The summed E-state index contributed by atoms with van der Waals surface area (Å²) >= 11 is 0. The maximum atomic E-state index is 13.0. The van der Waals surface area contributed by atoms with Gasteiger partial charge in [-0.2, -0.15) is 0 Å². The van der Waals surface area contributed by atoms with Crippen LogP contribution in [0, 0.1) is 11.7 Å². The Morgan fingerprint density at radius 2 is 1.83 bits per heavy atom. The lowest BCUT2D eigenvalue weighted by Gasteiger charge is -2.21. The molecule has 0 amide bonds. The van der Waals surface area contributed by atoms with Crippen molar-refractivity contribution in [2.45, 2.75) is 46.0 Å². The molecule has 2 atom stereocenters. The lowest BCUT2D eigenvalue weighted by molar-refractivity contribution is 0.435. The van der Waals surface area contributed by atoms with Crippen molar-refractivity contribution in [2.75, 3.05) is 13.1 Å². The molecule has 0 saturated heterocycles. The molecule has 1 rings (SSSR count). The minimum absolute atomic E-state index is 0.150. The van der Waals surface area contributed by atoms with Crippen LogP contribution in [0.15, 0.2) is 24.3 Å². The second-order valence-corrected chi connectivity index (χ2v) is 5.20. The maximum Gasteiger partial charge on any atom is 0.123 e. The van der Waals surface area contributed by atoms with E-state index in [4.69, 9.17) is 0 Å². The molecule has 0 fully saturated rings. The highest BCUT2D eigenvalue weighted by atomic mass is 19.1. The van der Waals surface area contributed by atoms with Crippen LogP contribution in [0.5, 0.6) is 0 Å². The highest BCUT2D eigenvalue weighted by molar-refractivity contribution is 5.21. The molecule has 1 nitrogen and oxygen atoms in total. The second kappa shape index (κ2) is 8.25. The Morgan fingerprint density at radius 1 is 1.17 bits per heavy atom. The van der Waals surface area contributed by atoms with E-state index >= 15 is 0 Å². The van der Waals surface area contributed by atoms with Crippen molar-refractivity contribution in [3.05, 3.63) is 35.6 Å². The summed E-state index contributed by atoms with van der Waals surface area (Å²) in [7, 11) is 0. The molecular formula is C16H26FN. The number of benzene rings is 1. The lowest BCUT2D eigenvalue weighted by Crippen LogP contribution is -2.23. The molecule has 1 N–H and O–H groups in total. The van der Waals surface area contributed by atoms with Crippen molar-refractivity contribution in [1.29, 1.82) is 0 Å². The largest absolute Gasteiger partial charge is 0.316 e. The van der Waals surface area contributed by atoms with E-state index in [1.54, 1.807) is 12.1 Å². The zero-order valence-corrected chi connectivity index (χ0v) is 11.9. The molecule has 2 unspecified atom stereocenters. The van der Waals surface area contributed by atoms with E-state index in [1.807, 2.05) is 12.1 Å². The van der Waals surface area contributed by atoms with Crippen LogP contribution >= 0.6 is 0 Å². The fourth-order valence-corrected chi connectivity index (χ4v) is 2.18. The van der Waals surface area contributed by atoms with Gasteiger partial charge in [0.1, 0.15) is 5.82 Å². The topological polar surface area (TPSA) is 12.0 Å². The quantitative estimate of drug-likeness (QED) is 0.677. The molecule has 102 valence electrons. The van der Waals surface area contributed by atoms with E-state index in [-0.39, 0.29) is 5.82 Å². The molecule has 1 aromatic rings. The van der Waals surface area contributed by atoms with Crippen LogP contribution in [0.4, 0.5) is 4.39 Å². The van der Waals surface area contributed by atoms with Crippen molar-refractivity contribution < 1.29 is 4.39 Å². The third-order valence-corrected chi connectivity index (χ3v) is 3.54. The Labute approximate surface area is 111 Å². The molecule has 0 bridgehead atoms. The lowest BCUT2D eigenvalue weighted by atomic mass is 9.88. The fraction of sp³-hybridized carbons (Fsp3) is 0.625. The first-order chi connectivity index (χ1) is 8.67. The van der Waals surface area contributed by atoms with Gasteiger partial charge in [0.05, 0.1) is 0 Å². The Bertz CT molecular complexity index is 320. The summed E-state index contributed by atoms with van der Waals surface area (Å²) in [5.41, 5.74) is 1.25. The third-order valence-electron chi connectivity index (χ3n) is 3.54. The molecule has 18 heavy (non-hydrogen) atoms. The van der Waals surface area contributed by atoms with Crippen LogP contribution in [0.25, 0.3) is 0 Å². The third kappa shape index (κ3) is 5.18. The van der Waals surface area contributed by atoms with Gasteiger partial charge in [-0.05, 0) is 48.9 Å². The number of nitrogens with one attached hydrogen (secondary N) is 1. The second-order valence-electron chi connectivity index (χ2n) is 5.20. The van der Waals surface area contributed by atoms with Crippen LogP contribution in [0.2, 0.25) is 0 Å². The van der Waals surface area contributed by atoms with Crippen LogP contribution in [-0.2, 0) is 0 Å². The Kier molecular flexibility index (Phi) is 6.96. The van der Waals surface area contributed by atoms with Gasteiger partial charge in [0.25, 0.3) is 0 Å². The van der Waals surface area contributed by atoms with E-state index in [2.05, 4.69) is 26.1 Å². The highest BCUT2D eigenvalue weighted by Crippen LogP contribution is 2.25. The number of hydrogen-bond acceptors (Lipinski definition) is 1. The van der Waals surface area contributed by atoms with Gasteiger partial charge in [0.15, 0.2) is 0 Å². The fourth-order valence-electron chi connectivity index (χ4n) is 2.18. The maximum absolute atomic E-state index is 13.0. The first kappa shape index (κ1) is 15.2. The van der Waals surface area contributed by atoms with Crippen LogP contribution in [-0.4, -0.2) is 13.1 Å². The minimum atomic E-state index is -0.150. The van der Waals surface area contributed by atoms with E-state index in [9.17, 15) is 4.39 Å². The number of hydrogen-bond donors (Lipinski definition) is 1. The van der Waals surface area contributed by atoms with Crippen molar-refractivity contribution in [3.8, 4) is 0 Å². The van der Waals surface area contributed by atoms with Crippen molar-refractivity contribution in [2.24, 2.45) is 5.92 Å². The van der Waals surface area contributed by atoms with Crippen LogP contribution in [0.1, 0.15) is 51.5 Å². The summed E-state index contributed by atoms with van der Waals surface area (Å²) in [5.74, 6) is 1.05. The monoisotopic (exact) mass is 251 g/mol. The van der Waals surface area contributed by atoms with E-state index in [0.717, 1.165) is 19.5 Å². The summed E-state index contributed by atoms with van der Waals surface area (Å²) < 4.78 is 13.0. The van der Waals surface area contributed by atoms with Crippen molar-refractivity contribution >= 4 is 0 Å². The molecule has 0 saturated carbocycles. The van der Waals surface area contributed by atoms with Gasteiger partial charge in [0.2, 0.25) is 0 Å². The predicted molar refractivity (Wildman–Crippen MR) is 76.4 cm³/mol. The molecule has 0 aliphatic heterocycles. The molecule has 0 aliphatic carbocycles. The molecule has 0 heterocycles. The molecule has 0 radical (unpaired) electrons. The molecular weight excluding hydrogens is 225 g/mol. The minimum Gasteiger partial charge on any atom is -0.316 e. The first-order valence-electron chi connectivity index (χ1n) is 7.13. The average Bonchev–Trinajstić information content (AvgIpc) is 2.38. The van der Waals surface area contributed by atoms with E-state index in [0.29, 0.717) is 11.8 Å². The summed E-state index contributed by atoms with van der Waals surface area (Å²) in [5, 5.41) is 3.48. The predicted octanol–water partition coefficient (Wildman–Crippen LogP) is 4.35. The normalized spacial score (nSPS) is 14.4. The molecule has 0 aromatic heterocycles. The smallest absolute Gasteiger partial charge is 0.123 e. The van der Waals surface area contributed by atoms with E-state index < -0.39 is 0 Å². The van der Waals surface area contributed by atoms with Gasteiger partial charge in [-0.25, -0.2) is 4.39 Å². The van der Waals surface area contributed by atoms with E-state index in [1.165, 1.54) is 18.4 Å². The van der Waals surface area contributed by atoms with Gasteiger partial charge in [-0.1, -0.05) is 39.3 Å². The number of rotatable bonds is 8. The van der Waals surface area contributed by atoms with Gasteiger partial charge >= 0.3 is 0 Å². The Morgan fingerprint density at radius 3 is 2.39 bits per heavy atom. The number of halogens is 1. The SMILES string of the molecule is CCCNCC(CC(C)CC)c1ccc(F)cc1. The Balaban J connectivity index is 2.66. The molecule has 0 spiro atoms. The molecule has 1 aromatic carbocycles. The summed E-state index contributed by atoms with van der Waals surface area (Å²) in [6.07, 6.45) is 3.52. The van der Waals surface area contributed by atoms with Gasteiger partial charge in [-0.15, -0.1) is 0 Å². The van der Waals surface area contributed by atoms with Crippen molar-refractivity contribution in [3.63, 3.8) is 0 Å². The van der Waals surface area contributed by atoms with Gasteiger partial charge in [-0.3, -0.25) is 0 Å². The zero-order chi connectivity index (χ0) is 13.4. The van der Waals surface area contributed by atoms with Crippen LogP contribution < -0.4 is 5.32 Å². The van der Waals surface area contributed by atoms with Crippen molar-refractivity contribution in [1.82, 2.24) is 5.32 Å².